The number of benzene rings is 1. The lowest BCUT2D eigenvalue weighted by Gasteiger charge is -2.33. The van der Waals surface area contributed by atoms with Gasteiger partial charge in [-0.15, -0.1) is 0 Å². The summed E-state index contributed by atoms with van der Waals surface area (Å²) in [6.45, 7) is 4.59. The topological polar surface area (TPSA) is 74.7 Å². The van der Waals surface area contributed by atoms with E-state index in [0.717, 1.165) is 4.90 Å². The molecule has 1 aromatic carbocycles. The number of rotatable bonds is 3. The minimum atomic E-state index is -1.20. The van der Waals surface area contributed by atoms with Gasteiger partial charge in [-0.25, -0.2) is 0 Å². The first-order chi connectivity index (χ1) is 8.78. The van der Waals surface area contributed by atoms with E-state index in [1.165, 1.54) is 13.8 Å². The van der Waals surface area contributed by atoms with Crippen LogP contribution in [0.4, 0.5) is 0 Å². The Balaban J connectivity index is 2.43. The number of carboxylic acids is 1. The number of amides is 2. The number of imide groups is 1. The lowest BCUT2D eigenvalue weighted by molar-refractivity contribution is -0.149. The third-order valence-electron chi connectivity index (χ3n) is 3.81. The average molecular weight is 261 g/mol. The number of fused-ring (bicyclic) bond motifs is 1. The molecule has 1 aliphatic rings. The Hall–Kier alpha value is -2.17. The van der Waals surface area contributed by atoms with Crippen LogP contribution in [0.15, 0.2) is 24.3 Å². The van der Waals surface area contributed by atoms with E-state index in [-0.39, 0.29) is 0 Å². The van der Waals surface area contributed by atoms with Gasteiger partial charge < -0.3 is 5.11 Å². The monoisotopic (exact) mass is 261 g/mol. The van der Waals surface area contributed by atoms with Crippen molar-refractivity contribution in [3.63, 3.8) is 0 Å². The van der Waals surface area contributed by atoms with E-state index < -0.39 is 29.2 Å². The average Bonchev–Trinajstić information content (AvgIpc) is 2.61. The molecule has 1 N–H and O–H groups in total. The second-order valence-electron chi connectivity index (χ2n) is 5.23. The minimum Gasteiger partial charge on any atom is -0.481 e. The van der Waals surface area contributed by atoms with Crippen LogP contribution < -0.4 is 0 Å². The fraction of sp³-hybridized carbons (Fsp3) is 0.357. The molecular weight excluding hydrogens is 246 g/mol. The zero-order valence-electron chi connectivity index (χ0n) is 11.0. The van der Waals surface area contributed by atoms with Crippen molar-refractivity contribution >= 4 is 17.8 Å². The van der Waals surface area contributed by atoms with Gasteiger partial charge in [-0.2, -0.15) is 0 Å². The summed E-state index contributed by atoms with van der Waals surface area (Å²) in [4.78, 5) is 36.8. The quantitative estimate of drug-likeness (QED) is 0.841. The number of aliphatic carboxylic acids is 1. The summed E-state index contributed by atoms with van der Waals surface area (Å²) in [5.74, 6) is -1.90. The van der Waals surface area contributed by atoms with E-state index in [1.807, 2.05) is 0 Å². The van der Waals surface area contributed by atoms with E-state index in [4.69, 9.17) is 0 Å². The van der Waals surface area contributed by atoms with E-state index in [1.54, 1.807) is 31.2 Å². The van der Waals surface area contributed by atoms with Gasteiger partial charge in [0.2, 0.25) is 0 Å². The number of nitrogens with zero attached hydrogens (tertiary/aromatic N) is 1. The van der Waals surface area contributed by atoms with Crippen molar-refractivity contribution in [2.24, 2.45) is 5.41 Å². The molecule has 19 heavy (non-hydrogen) atoms. The summed E-state index contributed by atoms with van der Waals surface area (Å²) in [5, 5.41) is 9.21. The van der Waals surface area contributed by atoms with Crippen molar-refractivity contribution in [2.75, 3.05) is 0 Å². The van der Waals surface area contributed by atoms with Gasteiger partial charge in [0.15, 0.2) is 0 Å². The van der Waals surface area contributed by atoms with Crippen molar-refractivity contribution < 1.29 is 19.5 Å². The molecule has 0 radical (unpaired) electrons. The molecule has 1 aliphatic heterocycles. The third kappa shape index (κ3) is 1.82. The van der Waals surface area contributed by atoms with Crippen LogP contribution in [0.5, 0.6) is 0 Å². The molecule has 5 heteroatoms. The molecule has 0 spiro atoms. The van der Waals surface area contributed by atoms with Crippen molar-refractivity contribution in [3.8, 4) is 0 Å². The molecule has 100 valence electrons. The molecule has 1 aromatic rings. The maximum absolute atomic E-state index is 12.2. The largest absolute Gasteiger partial charge is 0.481 e. The Kier molecular flexibility index (Phi) is 2.92. The molecule has 0 fully saturated rings. The minimum absolute atomic E-state index is 0.334. The molecule has 1 heterocycles. The summed E-state index contributed by atoms with van der Waals surface area (Å²) in [6, 6.07) is 5.80. The van der Waals surface area contributed by atoms with E-state index in [9.17, 15) is 19.5 Å². The summed E-state index contributed by atoms with van der Waals surface area (Å²) >= 11 is 0. The number of hydrogen-bond donors (Lipinski definition) is 1. The maximum atomic E-state index is 12.2. The lowest BCUT2D eigenvalue weighted by atomic mass is 9.84. The van der Waals surface area contributed by atoms with E-state index >= 15 is 0 Å². The first-order valence-corrected chi connectivity index (χ1v) is 5.98. The highest BCUT2D eigenvalue weighted by Gasteiger charge is 2.46. The van der Waals surface area contributed by atoms with Crippen molar-refractivity contribution in [1.82, 2.24) is 4.90 Å². The van der Waals surface area contributed by atoms with Gasteiger partial charge in [-0.3, -0.25) is 19.3 Å². The van der Waals surface area contributed by atoms with Crippen molar-refractivity contribution in [3.05, 3.63) is 35.4 Å². The van der Waals surface area contributed by atoms with Crippen LogP contribution >= 0.6 is 0 Å². The van der Waals surface area contributed by atoms with Crippen LogP contribution in [0.2, 0.25) is 0 Å². The zero-order valence-corrected chi connectivity index (χ0v) is 11.0. The molecule has 0 aliphatic carbocycles. The molecule has 0 aromatic heterocycles. The fourth-order valence-electron chi connectivity index (χ4n) is 2.06. The number of hydrogen-bond acceptors (Lipinski definition) is 3. The molecule has 5 nitrogen and oxygen atoms in total. The number of carbonyl (C=O) groups is 3. The SMILES string of the molecule is CC(N1C(=O)c2ccccc2C1=O)C(C)(C)C(=O)O. The van der Waals surface area contributed by atoms with Crippen molar-refractivity contribution in [2.45, 2.75) is 26.8 Å². The Morgan fingerprint density at radius 1 is 1.16 bits per heavy atom. The van der Waals surface area contributed by atoms with E-state index in [2.05, 4.69) is 0 Å². The predicted octanol–water partition coefficient (Wildman–Crippen LogP) is 1.78. The van der Waals surface area contributed by atoms with Crippen LogP contribution in [0, 0.1) is 5.41 Å². The smallest absolute Gasteiger partial charge is 0.311 e. The summed E-state index contributed by atoms with van der Waals surface area (Å²) in [5.41, 5.74) is -0.533. The Morgan fingerprint density at radius 3 is 1.95 bits per heavy atom. The normalized spacial score (nSPS) is 16.5. The Labute approximate surface area is 110 Å². The number of carbonyl (C=O) groups excluding carboxylic acids is 2. The fourth-order valence-corrected chi connectivity index (χ4v) is 2.06. The maximum Gasteiger partial charge on any atom is 0.311 e. The zero-order chi connectivity index (χ0) is 14.4. The highest BCUT2D eigenvalue weighted by molar-refractivity contribution is 6.21. The van der Waals surface area contributed by atoms with Gasteiger partial charge in [0.05, 0.1) is 22.6 Å². The molecule has 2 amide bonds. The van der Waals surface area contributed by atoms with Gasteiger partial charge >= 0.3 is 5.97 Å². The molecule has 0 bridgehead atoms. The summed E-state index contributed by atoms with van der Waals surface area (Å²) in [7, 11) is 0. The number of carboxylic acid groups (broad SMARTS) is 1. The van der Waals surface area contributed by atoms with Crippen LogP contribution in [0.3, 0.4) is 0 Å². The molecule has 0 saturated carbocycles. The molecule has 2 rings (SSSR count). The highest BCUT2D eigenvalue weighted by Crippen LogP contribution is 2.32. The first-order valence-electron chi connectivity index (χ1n) is 5.98. The van der Waals surface area contributed by atoms with Gasteiger partial charge in [0, 0.05) is 0 Å². The van der Waals surface area contributed by atoms with Crippen LogP contribution in [-0.4, -0.2) is 33.8 Å². The second-order valence-corrected chi connectivity index (χ2v) is 5.23. The highest BCUT2D eigenvalue weighted by atomic mass is 16.4. The van der Waals surface area contributed by atoms with Gasteiger partial charge in [0.1, 0.15) is 0 Å². The van der Waals surface area contributed by atoms with Crippen molar-refractivity contribution in [1.29, 1.82) is 0 Å². The third-order valence-corrected chi connectivity index (χ3v) is 3.81. The van der Waals surface area contributed by atoms with Crippen LogP contribution in [0.1, 0.15) is 41.5 Å². The first kappa shape index (κ1) is 13.3. The Bertz CT molecular complexity index is 542. The van der Waals surface area contributed by atoms with Gasteiger partial charge in [0.25, 0.3) is 11.8 Å². The van der Waals surface area contributed by atoms with Crippen LogP contribution in [-0.2, 0) is 4.79 Å². The summed E-state index contributed by atoms with van der Waals surface area (Å²) < 4.78 is 0. The predicted molar refractivity (Wildman–Crippen MR) is 67.8 cm³/mol. The standard InChI is InChI=1S/C14H15NO4/c1-8(14(2,3)13(18)19)15-11(16)9-6-4-5-7-10(9)12(15)17/h4-8H,1-3H3,(H,18,19). The second kappa shape index (κ2) is 4.19. The van der Waals surface area contributed by atoms with Gasteiger partial charge in [-0.05, 0) is 32.9 Å². The molecule has 1 unspecified atom stereocenters. The molecule has 0 saturated heterocycles. The lowest BCUT2D eigenvalue weighted by Crippen LogP contribution is -2.49. The summed E-state index contributed by atoms with van der Waals surface area (Å²) in [6.07, 6.45) is 0. The molecular formula is C14H15NO4. The molecule has 1 atom stereocenters. The van der Waals surface area contributed by atoms with Gasteiger partial charge in [-0.1, -0.05) is 12.1 Å². The van der Waals surface area contributed by atoms with E-state index in [0.29, 0.717) is 11.1 Å². The van der Waals surface area contributed by atoms with Crippen LogP contribution in [0.25, 0.3) is 0 Å². The Morgan fingerprint density at radius 2 is 1.58 bits per heavy atom.